The second kappa shape index (κ2) is 11.6. The molecule has 5 heterocycles. The molecule has 0 amide bonds. The van der Waals surface area contributed by atoms with E-state index in [-0.39, 0.29) is 5.56 Å². The average Bonchev–Trinajstić information content (AvgIpc) is 3.82. The van der Waals surface area contributed by atoms with Crippen LogP contribution in [0.25, 0.3) is 77.7 Å². The van der Waals surface area contributed by atoms with Crippen molar-refractivity contribution in [1.82, 2.24) is 19.9 Å². The third-order valence-corrected chi connectivity index (χ3v) is 8.90. The molecule has 0 spiro atoms. The quantitative estimate of drug-likeness (QED) is 0.154. The van der Waals surface area contributed by atoms with Crippen LogP contribution in [0.1, 0.15) is 49.9 Å². The number of carbonyl (C=O) groups is 1. The number of aromatic carboxylic acids is 1. The zero-order valence-corrected chi connectivity index (χ0v) is 26.2. The maximum absolute atomic E-state index is 11.6. The van der Waals surface area contributed by atoms with Crippen molar-refractivity contribution in [1.29, 1.82) is 0 Å². The highest BCUT2D eigenvalue weighted by Gasteiger charge is 2.24. The molecule has 0 saturated carbocycles. The molecule has 3 aromatic carbocycles. The van der Waals surface area contributed by atoms with Crippen molar-refractivity contribution in [3.63, 3.8) is 0 Å². The molecule has 234 valence electrons. The van der Waals surface area contributed by atoms with Gasteiger partial charge in [0, 0.05) is 69.9 Å². The summed E-state index contributed by atoms with van der Waals surface area (Å²) < 4.78 is 13.3. The highest BCUT2D eigenvalue weighted by Crippen LogP contribution is 2.45. The van der Waals surface area contributed by atoms with Crippen LogP contribution in [-0.4, -0.2) is 44.1 Å². The zero-order valence-electron chi connectivity index (χ0n) is 26.2. The molecule has 0 atom stereocenters. The molecule has 8 aromatic rings. The average molecular weight is 624 g/mol. The SMILES string of the molecule is CCCCN(CCCC)c1ccc2c(c1)oc1c3oc(-c4ccnc(-c5cc(C(=O)O)ccn5)c4)nc3c3[nH]c4ccccc4c3c21. The maximum atomic E-state index is 11.6. The number of oxazole rings is 1. The van der Waals surface area contributed by atoms with E-state index in [1.54, 1.807) is 6.20 Å². The van der Waals surface area contributed by atoms with Crippen molar-refractivity contribution in [3.05, 3.63) is 84.7 Å². The minimum Gasteiger partial charge on any atom is -0.478 e. The minimum atomic E-state index is -1.03. The second-order valence-electron chi connectivity index (χ2n) is 12.0. The number of nitrogens with one attached hydrogen (secondary N) is 1. The first-order valence-corrected chi connectivity index (χ1v) is 16.1. The Bertz CT molecular complexity index is 2450. The van der Waals surface area contributed by atoms with E-state index < -0.39 is 5.97 Å². The number of hydrogen-bond acceptors (Lipinski definition) is 7. The van der Waals surface area contributed by atoms with Crippen LogP contribution in [0.2, 0.25) is 0 Å². The van der Waals surface area contributed by atoms with E-state index in [1.165, 1.54) is 18.3 Å². The number of pyridine rings is 2. The summed E-state index contributed by atoms with van der Waals surface area (Å²) in [7, 11) is 0. The summed E-state index contributed by atoms with van der Waals surface area (Å²) in [5.74, 6) is -0.625. The first-order chi connectivity index (χ1) is 23.0. The van der Waals surface area contributed by atoms with Crippen LogP contribution in [0.5, 0.6) is 0 Å². The van der Waals surface area contributed by atoms with Gasteiger partial charge in [-0.25, -0.2) is 9.78 Å². The molecule has 8 rings (SSSR count). The Labute approximate surface area is 269 Å². The van der Waals surface area contributed by atoms with Gasteiger partial charge in [-0.1, -0.05) is 44.9 Å². The first-order valence-electron chi connectivity index (χ1n) is 16.1. The van der Waals surface area contributed by atoms with Gasteiger partial charge in [0.15, 0.2) is 5.58 Å². The number of rotatable bonds is 10. The van der Waals surface area contributed by atoms with Crippen molar-refractivity contribution in [2.24, 2.45) is 0 Å². The van der Waals surface area contributed by atoms with Crippen LogP contribution in [0.4, 0.5) is 5.69 Å². The lowest BCUT2D eigenvalue weighted by molar-refractivity contribution is 0.0696. The number of hydrogen-bond donors (Lipinski definition) is 2. The van der Waals surface area contributed by atoms with Crippen LogP contribution in [0.15, 0.2) is 88.0 Å². The lowest BCUT2D eigenvalue weighted by atomic mass is 10.0. The number of carboxylic acids is 1. The predicted molar refractivity (Wildman–Crippen MR) is 186 cm³/mol. The van der Waals surface area contributed by atoms with E-state index in [9.17, 15) is 9.90 Å². The van der Waals surface area contributed by atoms with Crippen molar-refractivity contribution >= 4 is 66.5 Å². The summed E-state index contributed by atoms with van der Waals surface area (Å²) in [6.45, 7) is 6.47. The van der Waals surface area contributed by atoms with E-state index in [1.807, 2.05) is 24.3 Å². The monoisotopic (exact) mass is 623 g/mol. The maximum Gasteiger partial charge on any atom is 0.335 e. The molecule has 0 unspecified atom stereocenters. The molecule has 9 nitrogen and oxygen atoms in total. The number of aromatic amines is 1. The molecule has 0 aliphatic carbocycles. The van der Waals surface area contributed by atoms with Gasteiger partial charge in [0.2, 0.25) is 11.5 Å². The smallest absolute Gasteiger partial charge is 0.335 e. The van der Waals surface area contributed by atoms with E-state index in [0.29, 0.717) is 39.5 Å². The zero-order chi connectivity index (χ0) is 32.1. The van der Waals surface area contributed by atoms with Gasteiger partial charge in [-0.3, -0.25) is 9.97 Å². The van der Waals surface area contributed by atoms with Crippen LogP contribution in [-0.2, 0) is 0 Å². The Morgan fingerprint density at radius 3 is 2.38 bits per heavy atom. The predicted octanol–water partition coefficient (Wildman–Crippen LogP) is 9.59. The van der Waals surface area contributed by atoms with E-state index in [4.69, 9.17) is 13.8 Å². The Hall–Kier alpha value is -5.70. The molecule has 5 aromatic heterocycles. The molecule has 0 fully saturated rings. The largest absolute Gasteiger partial charge is 0.478 e. The van der Waals surface area contributed by atoms with Gasteiger partial charge in [0.1, 0.15) is 11.1 Å². The third-order valence-electron chi connectivity index (χ3n) is 8.90. The fourth-order valence-electron chi connectivity index (χ4n) is 6.51. The fraction of sp³-hybridized carbons (Fsp3) is 0.211. The third kappa shape index (κ3) is 4.86. The number of unbranched alkanes of at least 4 members (excludes halogenated alkanes) is 2. The summed E-state index contributed by atoms with van der Waals surface area (Å²) in [6, 6.07) is 21.4. The lowest BCUT2D eigenvalue weighted by Crippen LogP contribution is -2.25. The standard InChI is InChI=1S/C38H33N5O4/c1-3-5-17-43(18-6-4-2)24-11-12-26-30(21-24)46-35-32(26)31-25-9-7-8-10-27(25)41-33(31)34-36(35)47-37(42-34)22-13-15-39-28(19-22)29-20-23(38(44)45)14-16-40-29/h7-16,19-21,41H,3-6,17-18H2,1-2H3,(H,44,45). The Balaban J connectivity index is 1.34. The normalized spacial score (nSPS) is 11.9. The molecule has 0 saturated heterocycles. The van der Waals surface area contributed by atoms with Crippen LogP contribution in [0.3, 0.4) is 0 Å². The first kappa shape index (κ1) is 28.8. The highest BCUT2D eigenvalue weighted by molar-refractivity contribution is 6.34. The van der Waals surface area contributed by atoms with Crippen molar-refractivity contribution in [3.8, 4) is 22.8 Å². The fourth-order valence-corrected chi connectivity index (χ4v) is 6.51. The van der Waals surface area contributed by atoms with Crippen LogP contribution >= 0.6 is 0 Å². The van der Waals surface area contributed by atoms with Gasteiger partial charge in [-0.2, -0.15) is 0 Å². The molecular weight excluding hydrogens is 590 g/mol. The van der Waals surface area contributed by atoms with Gasteiger partial charge in [-0.15, -0.1) is 0 Å². The summed E-state index contributed by atoms with van der Waals surface area (Å²) in [6.07, 6.45) is 7.67. The molecule has 0 aliphatic rings. The molecule has 47 heavy (non-hydrogen) atoms. The van der Waals surface area contributed by atoms with Gasteiger partial charge in [0.05, 0.1) is 22.5 Å². The van der Waals surface area contributed by atoms with Gasteiger partial charge in [0.25, 0.3) is 0 Å². The number of anilines is 1. The number of nitrogens with zero attached hydrogens (tertiary/aromatic N) is 4. The van der Waals surface area contributed by atoms with E-state index in [2.05, 4.69) is 64.0 Å². The lowest BCUT2D eigenvalue weighted by Gasteiger charge is -2.24. The summed E-state index contributed by atoms with van der Waals surface area (Å²) in [5, 5.41) is 13.6. The molecule has 2 N–H and O–H groups in total. The number of fused-ring (bicyclic) bond motifs is 10. The topological polar surface area (TPSA) is 121 Å². The molecule has 0 bridgehead atoms. The Morgan fingerprint density at radius 2 is 1.60 bits per heavy atom. The summed E-state index contributed by atoms with van der Waals surface area (Å²) in [4.78, 5) is 31.5. The minimum absolute atomic E-state index is 0.138. The van der Waals surface area contributed by atoms with E-state index in [0.717, 1.165) is 82.6 Å². The highest BCUT2D eigenvalue weighted by atomic mass is 16.4. The number of H-pyrrole nitrogens is 1. The van der Waals surface area contributed by atoms with Crippen LogP contribution < -0.4 is 4.90 Å². The molecular formula is C38H33N5O4. The Morgan fingerprint density at radius 1 is 0.830 bits per heavy atom. The number of carboxylic acid groups (broad SMARTS) is 1. The van der Waals surface area contributed by atoms with Gasteiger partial charge < -0.3 is 23.8 Å². The Kier molecular flexibility index (Phi) is 7.09. The van der Waals surface area contributed by atoms with Crippen molar-refractivity contribution in [2.45, 2.75) is 39.5 Å². The van der Waals surface area contributed by atoms with Gasteiger partial charge >= 0.3 is 5.97 Å². The van der Waals surface area contributed by atoms with Crippen molar-refractivity contribution < 1.29 is 18.7 Å². The van der Waals surface area contributed by atoms with Crippen molar-refractivity contribution in [2.75, 3.05) is 18.0 Å². The summed E-state index contributed by atoms with van der Waals surface area (Å²) in [5.41, 5.74) is 7.54. The number of para-hydroxylation sites is 1. The van der Waals surface area contributed by atoms with Crippen LogP contribution in [0, 0.1) is 0 Å². The number of aromatic nitrogens is 4. The summed E-state index contributed by atoms with van der Waals surface area (Å²) >= 11 is 0. The number of furan rings is 1. The number of benzene rings is 3. The van der Waals surface area contributed by atoms with Gasteiger partial charge in [-0.05, 0) is 55.3 Å². The molecule has 9 heteroatoms. The second-order valence-corrected chi connectivity index (χ2v) is 12.0. The molecule has 0 radical (unpaired) electrons. The molecule has 0 aliphatic heterocycles. The van der Waals surface area contributed by atoms with E-state index >= 15 is 0 Å².